The van der Waals surface area contributed by atoms with E-state index in [2.05, 4.69) is 4.98 Å². The number of aromatic nitrogens is 2. The monoisotopic (exact) mass is 221 g/mol. The van der Waals surface area contributed by atoms with Gasteiger partial charge < -0.3 is 15.0 Å². The molecular formula is C11H12FN3O. The van der Waals surface area contributed by atoms with Crippen molar-refractivity contribution in [3.8, 4) is 11.4 Å². The number of halogens is 1. The minimum atomic E-state index is -0.388. The van der Waals surface area contributed by atoms with E-state index in [1.54, 1.807) is 29.2 Å². The number of rotatable bonds is 3. The van der Waals surface area contributed by atoms with E-state index < -0.39 is 0 Å². The molecule has 0 saturated carbocycles. The Balaban J connectivity index is 2.48. The Bertz CT molecular complexity index is 496. The third-order valence-corrected chi connectivity index (χ3v) is 2.34. The SMILES string of the molecule is COc1cc(-n2cncc2CN)ccc1F. The summed E-state index contributed by atoms with van der Waals surface area (Å²) in [4.78, 5) is 4.00. The number of imidazole rings is 1. The first-order valence-corrected chi connectivity index (χ1v) is 4.81. The third kappa shape index (κ3) is 1.77. The van der Waals surface area contributed by atoms with Crippen molar-refractivity contribution in [1.82, 2.24) is 9.55 Å². The van der Waals surface area contributed by atoms with Crippen LogP contribution in [0, 0.1) is 5.82 Å². The highest BCUT2D eigenvalue weighted by molar-refractivity contribution is 5.41. The second-order valence-electron chi connectivity index (χ2n) is 3.28. The molecule has 0 aliphatic carbocycles. The van der Waals surface area contributed by atoms with Crippen LogP contribution >= 0.6 is 0 Å². The smallest absolute Gasteiger partial charge is 0.165 e. The van der Waals surface area contributed by atoms with E-state index in [0.29, 0.717) is 6.54 Å². The molecule has 0 bridgehead atoms. The molecule has 1 aromatic carbocycles. The maximum absolute atomic E-state index is 13.2. The van der Waals surface area contributed by atoms with Crippen molar-refractivity contribution in [2.75, 3.05) is 7.11 Å². The molecule has 0 atom stereocenters. The summed E-state index contributed by atoms with van der Waals surface area (Å²) in [6.45, 7) is 0.375. The van der Waals surface area contributed by atoms with Gasteiger partial charge in [0.25, 0.3) is 0 Å². The first-order valence-electron chi connectivity index (χ1n) is 4.81. The Labute approximate surface area is 92.5 Å². The highest BCUT2D eigenvalue weighted by Crippen LogP contribution is 2.21. The molecule has 2 N–H and O–H groups in total. The first-order chi connectivity index (χ1) is 7.76. The summed E-state index contributed by atoms with van der Waals surface area (Å²) in [6, 6.07) is 4.61. The molecule has 2 aromatic rings. The molecule has 1 heterocycles. The number of methoxy groups -OCH3 is 1. The molecule has 16 heavy (non-hydrogen) atoms. The van der Waals surface area contributed by atoms with Crippen LogP contribution in [-0.2, 0) is 6.54 Å². The summed E-state index contributed by atoms with van der Waals surface area (Å²) in [5, 5.41) is 0. The zero-order chi connectivity index (χ0) is 11.5. The lowest BCUT2D eigenvalue weighted by atomic mass is 10.2. The Kier molecular flexibility index (Phi) is 2.87. The second-order valence-corrected chi connectivity index (χ2v) is 3.28. The van der Waals surface area contributed by atoms with Gasteiger partial charge in [-0.25, -0.2) is 9.37 Å². The van der Waals surface area contributed by atoms with Crippen molar-refractivity contribution in [2.45, 2.75) is 6.54 Å². The van der Waals surface area contributed by atoms with Gasteiger partial charge in [-0.15, -0.1) is 0 Å². The molecule has 5 heteroatoms. The van der Waals surface area contributed by atoms with Gasteiger partial charge in [0, 0.05) is 18.8 Å². The maximum atomic E-state index is 13.2. The van der Waals surface area contributed by atoms with Crippen LogP contribution in [0.5, 0.6) is 5.75 Å². The topological polar surface area (TPSA) is 53.1 Å². The first kappa shape index (κ1) is 10.6. The summed E-state index contributed by atoms with van der Waals surface area (Å²) >= 11 is 0. The lowest BCUT2D eigenvalue weighted by Crippen LogP contribution is -2.04. The molecule has 0 amide bonds. The van der Waals surface area contributed by atoms with Gasteiger partial charge >= 0.3 is 0 Å². The van der Waals surface area contributed by atoms with Crippen LogP contribution in [0.2, 0.25) is 0 Å². The van der Waals surface area contributed by atoms with Crippen LogP contribution in [0.15, 0.2) is 30.7 Å². The van der Waals surface area contributed by atoms with Crippen molar-refractivity contribution in [3.05, 3.63) is 42.2 Å². The third-order valence-electron chi connectivity index (χ3n) is 2.34. The molecule has 0 unspecified atom stereocenters. The van der Waals surface area contributed by atoms with Crippen molar-refractivity contribution in [3.63, 3.8) is 0 Å². The van der Waals surface area contributed by atoms with Gasteiger partial charge in [-0.3, -0.25) is 0 Å². The molecule has 0 fully saturated rings. The molecule has 0 radical (unpaired) electrons. The van der Waals surface area contributed by atoms with Gasteiger partial charge in [0.1, 0.15) is 0 Å². The van der Waals surface area contributed by atoms with E-state index in [-0.39, 0.29) is 11.6 Å². The van der Waals surface area contributed by atoms with Gasteiger partial charge in [0.15, 0.2) is 11.6 Å². The van der Waals surface area contributed by atoms with Crippen LogP contribution in [-0.4, -0.2) is 16.7 Å². The Hall–Kier alpha value is -1.88. The van der Waals surface area contributed by atoms with Gasteiger partial charge in [0.05, 0.1) is 24.8 Å². The van der Waals surface area contributed by atoms with Crippen LogP contribution in [0.25, 0.3) is 5.69 Å². The van der Waals surface area contributed by atoms with Gasteiger partial charge in [-0.1, -0.05) is 0 Å². The van der Waals surface area contributed by atoms with E-state index in [4.69, 9.17) is 10.5 Å². The summed E-state index contributed by atoms with van der Waals surface area (Å²) in [5.74, 6) is -0.185. The molecule has 0 aliphatic heterocycles. The number of nitrogens with two attached hydrogens (primary N) is 1. The van der Waals surface area contributed by atoms with Crippen molar-refractivity contribution in [2.24, 2.45) is 5.73 Å². The van der Waals surface area contributed by atoms with Crippen molar-refractivity contribution < 1.29 is 9.13 Å². The largest absolute Gasteiger partial charge is 0.494 e. The average molecular weight is 221 g/mol. The van der Waals surface area contributed by atoms with Crippen molar-refractivity contribution >= 4 is 0 Å². The number of nitrogens with zero attached hydrogens (tertiary/aromatic N) is 2. The van der Waals surface area contributed by atoms with Gasteiger partial charge in [-0.2, -0.15) is 0 Å². The van der Waals surface area contributed by atoms with Gasteiger partial charge in [-0.05, 0) is 12.1 Å². The maximum Gasteiger partial charge on any atom is 0.165 e. The molecular weight excluding hydrogens is 209 g/mol. The fraction of sp³-hybridized carbons (Fsp3) is 0.182. The zero-order valence-electron chi connectivity index (χ0n) is 8.85. The standard InChI is InChI=1S/C11H12FN3O/c1-16-11-4-8(2-3-10(11)12)15-7-14-6-9(15)5-13/h2-4,6-7H,5,13H2,1H3. The molecule has 2 rings (SSSR count). The highest BCUT2D eigenvalue weighted by atomic mass is 19.1. The lowest BCUT2D eigenvalue weighted by molar-refractivity contribution is 0.386. The molecule has 0 aliphatic rings. The summed E-state index contributed by atoms with van der Waals surface area (Å²) in [7, 11) is 1.43. The van der Waals surface area contributed by atoms with Crippen LogP contribution in [0.4, 0.5) is 4.39 Å². The molecule has 4 nitrogen and oxygen atoms in total. The number of hydrogen-bond donors (Lipinski definition) is 1. The van der Waals surface area contributed by atoms with Gasteiger partial charge in [0.2, 0.25) is 0 Å². The van der Waals surface area contributed by atoms with E-state index in [0.717, 1.165) is 11.4 Å². The Morgan fingerprint density at radius 1 is 1.50 bits per heavy atom. The Morgan fingerprint density at radius 2 is 2.31 bits per heavy atom. The number of hydrogen-bond acceptors (Lipinski definition) is 3. The molecule has 84 valence electrons. The van der Waals surface area contributed by atoms with E-state index in [1.165, 1.54) is 13.2 Å². The summed E-state index contributed by atoms with van der Waals surface area (Å²) < 4.78 is 19.9. The summed E-state index contributed by atoms with van der Waals surface area (Å²) in [6.07, 6.45) is 3.31. The van der Waals surface area contributed by atoms with Crippen molar-refractivity contribution in [1.29, 1.82) is 0 Å². The number of benzene rings is 1. The fourth-order valence-electron chi connectivity index (χ4n) is 1.50. The number of ether oxygens (including phenoxy) is 1. The fourth-order valence-corrected chi connectivity index (χ4v) is 1.50. The predicted octanol–water partition coefficient (Wildman–Crippen LogP) is 1.48. The predicted molar refractivity (Wildman–Crippen MR) is 58.0 cm³/mol. The normalized spacial score (nSPS) is 10.4. The van der Waals surface area contributed by atoms with Crippen LogP contribution in [0.3, 0.4) is 0 Å². The molecule has 0 saturated heterocycles. The highest BCUT2D eigenvalue weighted by Gasteiger charge is 2.07. The quantitative estimate of drug-likeness (QED) is 0.854. The molecule has 0 spiro atoms. The van der Waals surface area contributed by atoms with Crippen LogP contribution < -0.4 is 10.5 Å². The van der Waals surface area contributed by atoms with E-state index in [1.807, 2.05) is 0 Å². The lowest BCUT2D eigenvalue weighted by Gasteiger charge is -2.08. The zero-order valence-corrected chi connectivity index (χ0v) is 8.85. The minimum absolute atomic E-state index is 0.203. The summed E-state index contributed by atoms with van der Waals surface area (Å²) in [5.41, 5.74) is 7.20. The minimum Gasteiger partial charge on any atom is -0.494 e. The Morgan fingerprint density at radius 3 is 3.00 bits per heavy atom. The second kappa shape index (κ2) is 4.32. The van der Waals surface area contributed by atoms with E-state index in [9.17, 15) is 4.39 Å². The average Bonchev–Trinajstić information content (AvgIpc) is 2.78. The molecule has 1 aromatic heterocycles. The van der Waals surface area contributed by atoms with E-state index >= 15 is 0 Å². The van der Waals surface area contributed by atoms with Crippen LogP contribution in [0.1, 0.15) is 5.69 Å².